The SMILES string of the molecule is O=C(NNC(=O)c1cc2c(s1)CCC2)c1ccc(S(=O)(=O)Nc2ccc(Cl)cc2)cc1. The summed E-state index contributed by atoms with van der Waals surface area (Å²) in [6.07, 6.45) is 3.08. The molecule has 4 rings (SSSR count). The van der Waals surface area contributed by atoms with Gasteiger partial charge in [0.25, 0.3) is 21.8 Å². The maximum Gasteiger partial charge on any atom is 0.279 e. The predicted molar refractivity (Wildman–Crippen MR) is 120 cm³/mol. The molecule has 0 saturated carbocycles. The second kappa shape index (κ2) is 8.70. The highest BCUT2D eigenvalue weighted by atomic mass is 35.5. The van der Waals surface area contributed by atoms with Crippen LogP contribution in [0.4, 0.5) is 5.69 Å². The van der Waals surface area contributed by atoms with Crippen LogP contribution in [-0.2, 0) is 22.9 Å². The molecular weight excluding hydrogens is 458 g/mol. The number of anilines is 1. The van der Waals surface area contributed by atoms with Gasteiger partial charge >= 0.3 is 0 Å². The van der Waals surface area contributed by atoms with Gasteiger partial charge in [0, 0.05) is 21.2 Å². The molecule has 0 aliphatic heterocycles. The summed E-state index contributed by atoms with van der Waals surface area (Å²) in [6, 6.07) is 13.5. The van der Waals surface area contributed by atoms with Gasteiger partial charge < -0.3 is 0 Å². The molecule has 0 radical (unpaired) electrons. The Morgan fingerprint density at radius 1 is 0.903 bits per heavy atom. The van der Waals surface area contributed by atoms with E-state index in [-0.39, 0.29) is 16.4 Å². The lowest BCUT2D eigenvalue weighted by Crippen LogP contribution is -2.41. The van der Waals surface area contributed by atoms with Crippen molar-refractivity contribution in [3.05, 3.63) is 80.5 Å². The zero-order valence-electron chi connectivity index (χ0n) is 16.1. The van der Waals surface area contributed by atoms with Gasteiger partial charge in [-0.3, -0.25) is 25.2 Å². The van der Waals surface area contributed by atoms with Gasteiger partial charge in [0.1, 0.15) is 0 Å². The van der Waals surface area contributed by atoms with Crippen LogP contribution in [0.15, 0.2) is 59.5 Å². The number of fused-ring (bicyclic) bond motifs is 1. The summed E-state index contributed by atoms with van der Waals surface area (Å²) in [6.45, 7) is 0. The van der Waals surface area contributed by atoms with Gasteiger partial charge in [-0.2, -0.15) is 0 Å². The van der Waals surface area contributed by atoms with Crippen molar-refractivity contribution >= 4 is 50.5 Å². The van der Waals surface area contributed by atoms with Crippen LogP contribution in [-0.4, -0.2) is 20.2 Å². The van der Waals surface area contributed by atoms with Crippen molar-refractivity contribution < 1.29 is 18.0 Å². The summed E-state index contributed by atoms with van der Waals surface area (Å²) >= 11 is 7.24. The van der Waals surface area contributed by atoms with Crippen LogP contribution < -0.4 is 15.6 Å². The van der Waals surface area contributed by atoms with E-state index >= 15 is 0 Å². The monoisotopic (exact) mass is 475 g/mol. The van der Waals surface area contributed by atoms with Gasteiger partial charge in [-0.05, 0) is 79.4 Å². The second-order valence-corrected chi connectivity index (χ2v) is 10.2. The van der Waals surface area contributed by atoms with E-state index in [4.69, 9.17) is 11.6 Å². The van der Waals surface area contributed by atoms with E-state index < -0.39 is 15.9 Å². The first kappa shape index (κ1) is 21.4. The van der Waals surface area contributed by atoms with E-state index in [1.807, 2.05) is 6.07 Å². The summed E-state index contributed by atoms with van der Waals surface area (Å²) in [5.74, 6) is -0.925. The Balaban J connectivity index is 1.37. The molecule has 1 aliphatic carbocycles. The van der Waals surface area contributed by atoms with Crippen molar-refractivity contribution in [1.29, 1.82) is 0 Å². The highest BCUT2D eigenvalue weighted by Crippen LogP contribution is 2.30. The minimum Gasteiger partial charge on any atom is -0.280 e. The Bertz CT molecular complexity index is 1220. The first-order chi connectivity index (χ1) is 14.8. The Morgan fingerprint density at radius 2 is 1.58 bits per heavy atom. The van der Waals surface area contributed by atoms with Crippen molar-refractivity contribution in [2.75, 3.05) is 4.72 Å². The second-order valence-electron chi connectivity index (χ2n) is 6.96. The fraction of sp³-hybridized carbons (Fsp3) is 0.143. The summed E-state index contributed by atoms with van der Waals surface area (Å²) < 4.78 is 27.4. The van der Waals surface area contributed by atoms with Crippen LogP contribution in [0.1, 0.15) is 36.9 Å². The van der Waals surface area contributed by atoms with Crippen LogP contribution >= 0.6 is 22.9 Å². The zero-order chi connectivity index (χ0) is 22.0. The van der Waals surface area contributed by atoms with Crippen molar-refractivity contribution in [3.8, 4) is 0 Å². The molecule has 0 saturated heterocycles. The number of sulfonamides is 1. The van der Waals surface area contributed by atoms with Crippen molar-refractivity contribution in [2.45, 2.75) is 24.2 Å². The molecule has 0 fully saturated rings. The third kappa shape index (κ3) is 4.90. The number of halogens is 1. The smallest absolute Gasteiger partial charge is 0.279 e. The number of hydrazine groups is 1. The lowest BCUT2D eigenvalue weighted by atomic mass is 10.2. The molecule has 0 atom stereocenters. The molecule has 1 aliphatic rings. The molecule has 0 bridgehead atoms. The van der Waals surface area contributed by atoms with E-state index in [0.29, 0.717) is 15.6 Å². The molecule has 0 unspecified atom stereocenters. The van der Waals surface area contributed by atoms with Crippen LogP contribution in [0.3, 0.4) is 0 Å². The number of rotatable bonds is 5. The molecule has 0 spiro atoms. The number of aryl methyl sites for hydroxylation is 2. The minimum atomic E-state index is -3.82. The molecule has 10 heteroatoms. The van der Waals surface area contributed by atoms with Crippen molar-refractivity contribution in [1.82, 2.24) is 10.9 Å². The van der Waals surface area contributed by atoms with Crippen LogP contribution in [0.25, 0.3) is 0 Å². The number of benzene rings is 2. The Morgan fingerprint density at radius 3 is 2.26 bits per heavy atom. The normalized spacial score (nSPS) is 12.8. The standard InChI is InChI=1S/C21H18ClN3O4S2/c22-15-6-8-16(9-7-15)25-31(28,29)17-10-4-13(5-11-17)20(26)23-24-21(27)19-12-14-2-1-3-18(14)30-19/h4-12,25H,1-3H2,(H,23,26)(H,24,27). The number of hydrogen-bond donors (Lipinski definition) is 3. The van der Waals surface area contributed by atoms with E-state index in [1.54, 1.807) is 24.3 Å². The molecule has 3 aromatic rings. The minimum absolute atomic E-state index is 0.00358. The van der Waals surface area contributed by atoms with Gasteiger partial charge in [0.05, 0.1) is 9.77 Å². The fourth-order valence-electron chi connectivity index (χ4n) is 3.21. The largest absolute Gasteiger partial charge is 0.280 e. The summed E-state index contributed by atoms with van der Waals surface area (Å²) in [4.78, 5) is 26.3. The zero-order valence-corrected chi connectivity index (χ0v) is 18.5. The fourth-order valence-corrected chi connectivity index (χ4v) is 5.54. The maximum absolute atomic E-state index is 12.5. The number of carbonyl (C=O) groups is 2. The van der Waals surface area contributed by atoms with E-state index in [9.17, 15) is 18.0 Å². The van der Waals surface area contributed by atoms with E-state index in [2.05, 4.69) is 15.6 Å². The third-order valence-corrected chi connectivity index (χ3v) is 7.67. The van der Waals surface area contributed by atoms with Gasteiger partial charge in [0.2, 0.25) is 0 Å². The van der Waals surface area contributed by atoms with Crippen molar-refractivity contribution in [3.63, 3.8) is 0 Å². The molecule has 31 heavy (non-hydrogen) atoms. The van der Waals surface area contributed by atoms with Gasteiger partial charge in [-0.1, -0.05) is 11.6 Å². The molecule has 1 aromatic heterocycles. The summed E-state index contributed by atoms with van der Waals surface area (Å²) in [7, 11) is -3.82. The molecule has 7 nitrogen and oxygen atoms in total. The van der Waals surface area contributed by atoms with Gasteiger partial charge in [-0.15, -0.1) is 11.3 Å². The summed E-state index contributed by atoms with van der Waals surface area (Å²) in [5.41, 5.74) is 6.53. The molecule has 3 N–H and O–H groups in total. The van der Waals surface area contributed by atoms with Gasteiger partial charge in [-0.25, -0.2) is 8.42 Å². The van der Waals surface area contributed by atoms with Crippen LogP contribution in [0, 0.1) is 0 Å². The maximum atomic E-state index is 12.5. The predicted octanol–water partition coefficient (Wildman–Crippen LogP) is 3.77. The van der Waals surface area contributed by atoms with E-state index in [0.717, 1.165) is 19.3 Å². The molecule has 2 aromatic carbocycles. The summed E-state index contributed by atoms with van der Waals surface area (Å²) in [5, 5.41) is 0.494. The Kier molecular flexibility index (Phi) is 5.99. The topological polar surface area (TPSA) is 104 Å². The average molecular weight is 476 g/mol. The molecule has 1 heterocycles. The lowest BCUT2D eigenvalue weighted by molar-refractivity contribution is 0.0849. The Hall–Kier alpha value is -2.88. The number of amides is 2. The quantitative estimate of drug-likeness (QED) is 0.488. The number of hydrogen-bond acceptors (Lipinski definition) is 5. The van der Waals surface area contributed by atoms with E-state index in [1.165, 1.54) is 46.0 Å². The average Bonchev–Trinajstić information content (AvgIpc) is 3.36. The van der Waals surface area contributed by atoms with Crippen LogP contribution in [0.2, 0.25) is 5.02 Å². The van der Waals surface area contributed by atoms with Crippen molar-refractivity contribution in [2.24, 2.45) is 0 Å². The number of carbonyl (C=O) groups excluding carboxylic acids is 2. The highest BCUT2D eigenvalue weighted by molar-refractivity contribution is 7.92. The van der Waals surface area contributed by atoms with Crippen LogP contribution in [0.5, 0.6) is 0 Å². The molecule has 160 valence electrons. The Labute approximate surface area is 188 Å². The molecule has 2 amide bonds. The lowest BCUT2D eigenvalue weighted by Gasteiger charge is -2.09. The number of nitrogens with one attached hydrogen (secondary N) is 3. The number of thiophene rings is 1. The third-order valence-electron chi connectivity index (χ3n) is 4.78. The van der Waals surface area contributed by atoms with Gasteiger partial charge in [0.15, 0.2) is 0 Å². The molecular formula is C21H18ClN3O4S2. The highest BCUT2D eigenvalue weighted by Gasteiger charge is 2.19. The first-order valence-electron chi connectivity index (χ1n) is 9.42. The first-order valence-corrected chi connectivity index (χ1v) is 12.1.